The second kappa shape index (κ2) is 4.25. The Morgan fingerprint density at radius 3 is 2.00 bits per heavy atom. The Morgan fingerprint density at radius 1 is 0.824 bits per heavy atom. The fraction of sp³-hybridized carbons (Fsp3) is 0.250. The van der Waals surface area contributed by atoms with Crippen LogP contribution in [0, 0.1) is 0 Å². The minimum Gasteiger partial charge on any atom is -0.508 e. The molecule has 0 unspecified atom stereocenters. The average molecular weight is 226 g/mol. The van der Waals surface area contributed by atoms with Gasteiger partial charge >= 0.3 is 0 Å². The van der Waals surface area contributed by atoms with Crippen LogP contribution in [0.25, 0.3) is 11.1 Å². The van der Waals surface area contributed by atoms with Crippen LogP contribution in [-0.2, 0) is 5.41 Å². The molecule has 0 radical (unpaired) electrons. The molecule has 0 bridgehead atoms. The topological polar surface area (TPSA) is 20.2 Å². The number of benzene rings is 2. The van der Waals surface area contributed by atoms with Gasteiger partial charge in [0.15, 0.2) is 0 Å². The number of hydrogen-bond donors (Lipinski definition) is 1. The van der Waals surface area contributed by atoms with Gasteiger partial charge in [0.1, 0.15) is 5.75 Å². The van der Waals surface area contributed by atoms with Gasteiger partial charge in [0.05, 0.1) is 0 Å². The third kappa shape index (κ3) is 2.68. The van der Waals surface area contributed by atoms with E-state index in [1.165, 1.54) is 5.56 Å². The van der Waals surface area contributed by atoms with Crippen molar-refractivity contribution in [2.24, 2.45) is 0 Å². The molecule has 0 aromatic heterocycles. The smallest absolute Gasteiger partial charge is 0.116 e. The van der Waals surface area contributed by atoms with Crippen LogP contribution in [0.4, 0.5) is 0 Å². The van der Waals surface area contributed by atoms with Crippen LogP contribution in [-0.4, -0.2) is 5.11 Å². The van der Waals surface area contributed by atoms with Crippen LogP contribution in [0.1, 0.15) is 26.3 Å². The van der Waals surface area contributed by atoms with Gasteiger partial charge in [0.2, 0.25) is 0 Å². The monoisotopic (exact) mass is 226 g/mol. The van der Waals surface area contributed by atoms with E-state index in [0.717, 1.165) is 11.1 Å². The average Bonchev–Trinajstić information content (AvgIpc) is 2.28. The Kier molecular flexibility index (Phi) is 2.93. The Bertz CT molecular complexity index is 521. The summed E-state index contributed by atoms with van der Waals surface area (Å²) in [5.74, 6) is 0.309. The summed E-state index contributed by atoms with van der Waals surface area (Å²) in [4.78, 5) is 0. The van der Waals surface area contributed by atoms with Gasteiger partial charge in [-0.2, -0.15) is 0 Å². The third-order valence-electron chi connectivity index (χ3n) is 2.91. The molecule has 0 saturated carbocycles. The van der Waals surface area contributed by atoms with E-state index in [2.05, 4.69) is 45.0 Å². The molecular weight excluding hydrogens is 208 g/mol. The van der Waals surface area contributed by atoms with Gasteiger partial charge in [-0.05, 0) is 34.2 Å². The molecule has 0 saturated heterocycles. The highest BCUT2D eigenvalue weighted by Crippen LogP contribution is 2.28. The maximum atomic E-state index is 9.50. The second-order valence-electron chi connectivity index (χ2n) is 5.38. The third-order valence-corrected chi connectivity index (χ3v) is 2.91. The fourth-order valence-electron chi connectivity index (χ4n) is 1.85. The molecule has 2 aromatic carbocycles. The maximum Gasteiger partial charge on any atom is 0.116 e. The molecule has 0 atom stereocenters. The molecule has 1 heteroatoms. The molecule has 0 spiro atoms. The normalized spacial score (nSPS) is 11.5. The lowest BCUT2D eigenvalue weighted by atomic mass is 9.85. The van der Waals surface area contributed by atoms with E-state index in [9.17, 15) is 5.11 Å². The van der Waals surface area contributed by atoms with E-state index in [0.29, 0.717) is 5.75 Å². The second-order valence-corrected chi connectivity index (χ2v) is 5.38. The van der Waals surface area contributed by atoms with Gasteiger partial charge in [-0.1, -0.05) is 57.2 Å². The molecule has 1 N–H and O–H groups in total. The zero-order chi connectivity index (χ0) is 12.5. The molecule has 1 nitrogen and oxygen atoms in total. The Hall–Kier alpha value is -1.76. The minimum absolute atomic E-state index is 0.146. The molecule has 0 aliphatic carbocycles. The molecular formula is C16H18O. The summed E-state index contributed by atoms with van der Waals surface area (Å²) in [6.07, 6.45) is 0. The van der Waals surface area contributed by atoms with Crippen molar-refractivity contribution >= 4 is 0 Å². The first-order chi connectivity index (χ1) is 7.97. The van der Waals surface area contributed by atoms with Gasteiger partial charge in [-0.3, -0.25) is 0 Å². The van der Waals surface area contributed by atoms with Crippen molar-refractivity contribution < 1.29 is 5.11 Å². The van der Waals surface area contributed by atoms with E-state index >= 15 is 0 Å². The molecule has 88 valence electrons. The highest BCUT2D eigenvalue weighted by atomic mass is 16.3. The summed E-state index contributed by atoms with van der Waals surface area (Å²) in [7, 11) is 0. The minimum atomic E-state index is 0.146. The zero-order valence-electron chi connectivity index (χ0n) is 10.6. The largest absolute Gasteiger partial charge is 0.508 e. The summed E-state index contributed by atoms with van der Waals surface area (Å²) in [5.41, 5.74) is 3.65. The molecule has 0 aliphatic rings. The summed E-state index contributed by atoms with van der Waals surface area (Å²) in [6.45, 7) is 6.61. The summed E-state index contributed by atoms with van der Waals surface area (Å²) in [6, 6.07) is 15.8. The lowest BCUT2D eigenvalue weighted by Crippen LogP contribution is -2.10. The van der Waals surface area contributed by atoms with Crippen molar-refractivity contribution in [3.05, 3.63) is 54.1 Å². The van der Waals surface area contributed by atoms with Crippen LogP contribution >= 0.6 is 0 Å². The molecule has 17 heavy (non-hydrogen) atoms. The van der Waals surface area contributed by atoms with Gasteiger partial charge in [0.25, 0.3) is 0 Å². The molecule has 0 amide bonds. The lowest BCUT2D eigenvalue weighted by Gasteiger charge is -2.19. The molecule has 0 fully saturated rings. The number of phenols is 1. The van der Waals surface area contributed by atoms with Crippen LogP contribution in [0.3, 0.4) is 0 Å². The standard InChI is InChI=1S/C16H18O/c1-16(2,3)14-8-4-6-12(10-14)13-7-5-9-15(17)11-13/h4-11,17H,1-3H3. The maximum absolute atomic E-state index is 9.50. The summed E-state index contributed by atoms with van der Waals surface area (Å²) < 4.78 is 0. The number of phenolic OH excluding ortho intramolecular Hbond substituents is 1. The lowest BCUT2D eigenvalue weighted by molar-refractivity contribution is 0.475. The van der Waals surface area contributed by atoms with Crippen molar-refractivity contribution in [1.82, 2.24) is 0 Å². The molecule has 2 rings (SSSR count). The molecule has 0 heterocycles. The van der Waals surface area contributed by atoms with Crippen molar-refractivity contribution in [2.75, 3.05) is 0 Å². The predicted molar refractivity (Wildman–Crippen MR) is 72.2 cm³/mol. The van der Waals surface area contributed by atoms with E-state index < -0.39 is 0 Å². The first-order valence-electron chi connectivity index (χ1n) is 5.87. The van der Waals surface area contributed by atoms with Crippen molar-refractivity contribution in [3.8, 4) is 16.9 Å². The first kappa shape index (κ1) is 11.7. The van der Waals surface area contributed by atoms with E-state index in [1.807, 2.05) is 12.1 Å². The van der Waals surface area contributed by atoms with Gasteiger partial charge in [0, 0.05) is 0 Å². The van der Waals surface area contributed by atoms with Crippen LogP contribution < -0.4 is 0 Å². The molecule has 2 aromatic rings. The van der Waals surface area contributed by atoms with Crippen molar-refractivity contribution in [2.45, 2.75) is 26.2 Å². The van der Waals surface area contributed by atoms with Crippen LogP contribution in [0.15, 0.2) is 48.5 Å². The van der Waals surface area contributed by atoms with E-state index in [-0.39, 0.29) is 5.41 Å². The van der Waals surface area contributed by atoms with Gasteiger partial charge in [-0.25, -0.2) is 0 Å². The van der Waals surface area contributed by atoms with E-state index in [1.54, 1.807) is 12.1 Å². The quantitative estimate of drug-likeness (QED) is 0.766. The summed E-state index contributed by atoms with van der Waals surface area (Å²) >= 11 is 0. The van der Waals surface area contributed by atoms with Crippen molar-refractivity contribution in [1.29, 1.82) is 0 Å². The SMILES string of the molecule is CC(C)(C)c1cccc(-c2cccc(O)c2)c1. The van der Waals surface area contributed by atoms with Crippen LogP contribution in [0.5, 0.6) is 5.75 Å². The number of rotatable bonds is 1. The number of hydrogen-bond acceptors (Lipinski definition) is 1. The predicted octanol–water partition coefficient (Wildman–Crippen LogP) is 4.36. The molecule has 0 aliphatic heterocycles. The van der Waals surface area contributed by atoms with Crippen molar-refractivity contribution in [3.63, 3.8) is 0 Å². The highest BCUT2D eigenvalue weighted by molar-refractivity contribution is 5.66. The van der Waals surface area contributed by atoms with Gasteiger partial charge < -0.3 is 5.11 Å². The van der Waals surface area contributed by atoms with Gasteiger partial charge in [-0.15, -0.1) is 0 Å². The Balaban J connectivity index is 2.47. The van der Waals surface area contributed by atoms with Crippen LogP contribution in [0.2, 0.25) is 0 Å². The Morgan fingerprint density at radius 2 is 1.41 bits per heavy atom. The number of aromatic hydroxyl groups is 1. The van der Waals surface area contributed by atoms with E-state index in [4.69, 9.17) is 0 Å². The first-order valence-corrected chi connectivity index (χ1v) is 5.87. The zero-order valence-corrected chi connectivity index (χ0v) is 10.6. The summed E-state index contributed by atoms with van der Waals surface area (Å²) in [5, 5.41) is 9.50. The fourth-order valence-corrected chi connectivity index (χ4v) is 1.85. The highest BCUT2D eigenvalue weighted by Gasteiger charge is 2.13. The Labute approximate surface area is 103 Å².